The molecule has 7 nitrogen and oxygen atoms in total. The Hall–Kier alpha value is -4.51. The van der Waals surface area contributed by atoms with E-state index in [2.05, 4.69) is 51.8 Å². The summed E-state index contributed by atoms with van der Waals surface area (Å²) in [5, 5.41) is 7.67. The number of aromatic nitrogens is 2. The highest BCUT2D eigenvalue weighted by Crippen LogP contribution is 2.30. The van der Waals surface area contributed by atoms with E-state index in [1.807, 2.05) is 48.5 Å². The van der Waals surface area contributed by atoms with Crippen LogP contribution in [0.2, 0.25) is 0 Å². The fraction of sp³-hybridized carbons (Fsp3) is 0.138. The van der Waals surface area contributed by atoms with E-state index in [0.29, 0.717) is 16.9 Å². The summed E-state index contributed by atoms with van der Waals surface area (Å²) in [5.41, 5.74) is 4.56. The van der Waals surface area contributed by atoms with Gasteiger partial charge in [-0.1, -0.05) is 44.2 Å². The number of fused-ring (bicyclic) bond motifs is 3. The number of urea groups is 1. The monoisotopic (exact) mass is 563 g/mol. The fourth-order valence-electron chi connectivity index (χ4n) is 4.41. The third-order valence-electron chi connectivity index (χ3n) is 6.17. The van der Waals surface area contributed by atoms with Gasteiger partial charge in [0.2, 0.25) is 0 Å². The quantitative estimate of drug-likeness (QED) is 0.115. The number of nitrogens with zero attached hydrogens (tertiary/aromatic N) is 3. The highest BCUT2D eigenvalue weighted by molar-refractivity contribution is 7.97. The van der Waals surface area contributed by atoms with Crippen molar-refractivity contribution >= 4 is 57.0 Å². The van der Waals surface area contributed by atoms with Crippen LogP contribution in [0.4, 0.5) is 29.3 Å². The minimum atomic E-state index is -4.75. The molecule has 2 amide bonds. The summed E-state index contributed by atoms with van der Waals surface area (Å²) < 4.78 is 43.1. The van der Waals surface area contributed by atoms with Gasteiger partial charge in [-0.15, -0.1) is 25.8 Å². The Balaban J connectivity index is 1.33. The van der Waals surface area contributed by atoms with Crippen LogP contribution in [0.15, 0.2) is 90.2 Å². The number of aliphatic imine (C=N–C) groups is 1. The maximum atomic E-state index is 12.6. The van der Waals surface area contributed by atoms with E-state index in [1.54, 1.807) is 17.0 Å². The molecule has 0 saturated heterocycles. The number of amidine groups is 1. The van der Waals surface area contributed by atoms with Gasteiger partial charge in [0, 0.05) is 22.4 Å². The van der Waals surface area contributed by atoms with Crippen molar-refractivity contribution in [3.63, 3.8) is 0 Å². The largest absolute Gasteiger partial charge is 0.573 e. The summed E-state index contributed by atoms with van der Waals surface area (Å²) in [6.45, 7) is 4.16. The van der Waals surface area contributed by atoms with E-state index >= 15 is 0 Å². The third kappa shape index (κ3) is 6.04. The number of anilines is 2. The molecule has 0 unspecified atom stereocenters. The number of benzene rings is 4. The second-order valence-corrected chi connectivity index (χ2v) is 9.68. The molecule has 0 aliphatic carbocycles. The van der Waals surface area contributed by atoms with Gasteiger partial charge < -0.3 is 15.4 Å². The average molecular weight is 564 g/mol. The lowest BCUT2D eigenvalue weighted by molar-refractivity contribution is -0.274. The minimum Gasteiger partial charge on any atom is -0.406 e. The first kappa shape index (κ1) is 27.1. The van der Waals surface area contributed by atoms with Gasteiger partial charge in [-0.3, -0.25) is 4.57 Å². The summed E-state index contributed by atoms with van der Waals surface area (Å²) in [5.74, 6) is -0.0150. The summed E-state index contributed by atoms with van der Waals surface area (Å²) in [4.78, 5) is 21.1. The number of carbonyl (C=O) groups excluding carboxylic acids is 1. The van der Waals surface area contributed by atoms with Gasteiger partial charge in [-0.05, 0) is 65.4 Å². The summed E-state index contributed by atoms with van der Waals surface area (Å²) in [7, 11) is 0. The first-order chi connectivity index (χ1) is 19.1. The van der Waals surface area contributed by atoms with Crippen molar-refractivity contribution in [2.45, 2.75) is 26.1 Å². The smallest absolute Gasteiger partial charge is 0.406 e. The standard InChI is InChI=1S/C29H24F3N5O2S/c1-17(2)22-5-3-4-6-24(22)35-28(40)36-27(38)34-19-8-13-23-18(15-19)7-14-25-26(23)33-16-37(25)20-9-11-21(12-10-20)39-29(30,31)32/h3-17H,1-2H3,(H3,34,35,36,38,40). The lowest BCUT2D eigenvalue weighted by Gasteiger charge is -2.13. The van der Waals surface area contributed by atoms with Gasteiger partial charge in [-0.2, -0.15) is 4.99 Å². The molecule has 0 spiro atoms. The molecule has 4 aromatic carbocycles. The number of amides is 2. The van der Waals surface area contributed by atoms with Crippen LogP contribution in [-0.4, -0.2) is 27.1 Å². The maximum Gasteiger partial charge on any atom is 0.573 e. The van der Waals surface area contributed by atoms with Crippen LogP contribution in [-0.2, 0) is 0 Å². The van der Waals surface area contributed by atoms with E-state index in [-0.39, 0.29) is 16.8 Å². The Kier molecular flexibility index (Phi) is 7.40. The van der Waals surface area contributed by atoms with Crippen molar-refractivity contribution in [1.82, 2.24) is 9.55 Å². The van der Waals surface area contributed by atoms with Crippen molar-refractivity contribution in [3.8, 4) is 11.4 Å². The van der Waals surface area contributed by atoms with Crippen LogP contribution in [0.5, 0.6) is 5.75 Å². The van der Waals surface area contributed by atoms with Crippen LogP contribution in [0.25, 0.3) is 27.5 Å². The Morgan fingerprint density at radius 2 is 1.75 bits per heavy atom. The Bertz CT molecular complexity index is 1730. The van der Waals surface area contributed by atoms with Crippen LogP contribution in [0.1, 0.15) is 25.3 Å². The topological polar surface area (TPSA) is 80.5 Å². The number of nitrogens with one attached hydrogen (secondary N) is 2. The van der Waals surface area contributed by atoms with E-state index in [1.165, 1.54) is 24.3 Å². The number of halogens is 3. The number of hydrogen-bond donors (Lipinski definition) is 3. The number of hydrogen-bond acceptors (Lipinski definition) is 3. The second kappa shape index (κ2) is 10.9. The molecular formula is C29H24F3N5O2S. The molecule has 5 rings (SSSR count). The van der Waals surface area contributed by atoms with Gasteiger partial charge >= 0.3 is 12.4 Å². The van der Waals surface area contributed by atoms with Gasteiger partial charge in [0.15, 0.2) is 5.17 Å². The molecule has 0 saturated carbocycles. The van der Waals surface area contributed by atoms with Crippen molar-refractivity contribution in [1.29, 1.82) is 0 Å². The van der Waals surface area contributed by atoms with E-state index in [4.69, 9.17) is 0 Å². The zero-order chi connectivity index (χ0) is 28.4. The van der Waals surface area contributed by atoms with E-state index < -0.39 is 12.4 Å². The predicted octanol–water partition coefficient (Wildman–Crippen LogP) is 8.13. The molecule has 40 heavy (non-hydrogen) atoms. The SMILES string of the molecule is CC(C)c1ccccc1N/C(S)=N/C(=O)Nc1ccc2c(ccc3c2ncn3-c2ccc(OC(F)(F)F)cc2)c1. The van der Waals surface area contributed by atoms with Gasteiger partial charge in [-0.25, -0.2) is 9.78 Å². The number of alkyl halides is 3. The molecule has 0 atom stereocenters. The van der Waals surface area contributed by atoms with E-state index in [9.17, 15) is 18.0 Å². The van der Waals surface area contributed by atoms with Gasteiger partial charge in [0.25, 0.3) is 0 Å². The summed E-state index contributed by atoms with van der Waals surface area (Å²) >= 11 is 4.33. The number of thiol groups is 1. The van der Waals surface area contributed by atoms with E-state index in [0.717, 1.165) is 27.5 Å². The average Bonchev–Trinajstić information content (AvgIpc) is 3.32. The molecule has 1 heterocycles. The zero-order valence-corrected chi connectivity index (χ0v) is 22.3. The molecule has 0 aliphatic heterocycles. The van der Waals surface area contributed by atoms with Crippen LogP contribution in [0.3, 0.4) is 0 Å². The summed E-state index contributed by atoms with van der Waals surface area (Å²) in [6, 6.07) is 21.9. The van der Waals surface area contributed by atoms with Crippen molar-refractivity contribution < 1.29 is 22.7 Å². The Morgan fingerprint density at radius 1 is 1.00 bits per heavy atom. The first-order valence-corrected chi connectivity index (χ1v) is 12.7. The molecular weight excluding hydrogens is 539 g/mol. The molecule has 1 aromatic heterocycles. The van der Waals surface area contributed by atoms with Crippen LogP contribution in [0, 0.1) is 0 Å². The normalized spacial score (nSPS) is 12.2. The number of carbonyl (C=O) groups is 1. The zero-order valence-electron chi connectivity index (χ0n) is 21.4. The molecule has 5 aromatic rings. The van der Waals surface area contributed by atoms with Crippen molar-refractivity contribution in [2.75, 3.05) is 10.6 Å². The maximum absolute atomic E-state index is 12.6. The number of rotatable bonds is 5. The lowest BCUT2D eigenvalue weighted by atomic mass is 10.0. The molecule has 0 radical (unpaired) electrons. The number of ether oxygens (including phenoxy) is 1. The van der Waals surface area contributed by atoms with Crippen molar-refractivity contribution in [2.24, 2.45) is 4.99 Å². The Morgan fingerprint density at radius 3 is 2.48 bits per heavy atom. The van der Waals surface area contributed by atoms with Crippen molar-refractivity contribution in [3.05, 3.63) is 90.8 Å². The first-order valence-electron chi connectivity index (χ1n) is 12.3. The van der Waals surface area contributed by atoms with Crippen LogP contribution >= 0.6 is 12.6 Å². The molecule has 0 fully saturated rings. The molecule has 2 N–H and O–H groups in total. The predicted molar refractivity (Wildman–Crippen MR) is 155 cm³/mol. The van der Waals surface area contributed by atoms with Crippen LogP contribution < -0.4 is 15.4 Å². The molecule has 0 bridgehead atoms. The highest BCUT2D eigenvalue weighted by atomic mass is 32.1. The Labute approximate surface area is 233 Å². The minimum absolute atomic E-state index is 0.164. The molecule has 204 valence electrons. The lowest BCUT2D eigenvalue weighted by Crippen LogP contribution is -2.17. The molecule has 0 aliphatic rings. The van der Waals surface area contributed by atoms with Gasteiger partial charge in [0.05, 0.1) is 11.0 Å². The fourth-order valence-corrected chi connectivity index (χ4v) is 4.62. The molecule has 11 heteroatoms. The highest BCUT2D eigenvalue weighted by Gasteiger charge is 2.31. The summed E-state index contributed by atoms with van der Waals surface area (Å²) in [6.07, 6.45) is -3.15. The second-order valence-electron chi connectivity index (χ2n) is 9.26. The number of para-hydroxylation sites is 1. The number of imidazole rings is 1. The third-order valence-corrected chi connectivity index (χ3v) is 6.38. The van der Waals surface area contributed by atoms with Gasteiger partial charge in [0.1, 0.15) is 12.1 Å².